The van der Waals surface area contributed by atoms with Gasteiger partial charge in [0.05, 0.1) is 12.7 Å². The molecule has 2 aromatic rings. The first-order chi connectivity index (χ1) is 13.8. The second-order valence-electron chi connectivity index (χ2n) is 7.50. The van der Waals surface area contributed by atoms with Gasteiger partial charge in [0, 0.05) is 23.5 Å². The Balaban J connectivity index is 1.66. The third-order valence-electron chi connectivity index (χ3n) is 5.54. The van der Waals surface area contributed by atoms with Crippen molar-refractivity contribution in [3.05, 3.63) is 46.1 Å². The van der Waals surface area contributed by atoms with Crippen molar-refractivity contribution in [2.24, 2.45) is 0 Å². The van der Waals surface area contributed by atoms with Gasteiger partial charge in [-0.15, -0.1) is 0 Å². The largest absolute Gasteiger partial charge is 0.465 e. The molecule has 1 aromatic carbocycles. The highest BCUT2D eigenvalue weighted by Crippen LogP contribution is 2.33. The first-order valence-corrected chi connectivity index (χ1v) is 9.87. The number of carbonyl (C=O) groups excluding carboxylic acids is 2. The number of methoxy groups -OCH3 is 1. The second-order valence-corrected chi connectivity index (χ2v) is 7.91. The number of nitrogens with zero attached hydrogens (tertiary/aromatic N) is 3. The number of ether oxygens (including phenoxy) is 1. The van der Waals surface area contributed by atoms with Crippen LogP contribution in [0.3, 0.4) is 0 Å². The van der Waals surface area contributed by atoms with Gasteiger partial charge in [0.25, 0.3) is 0 Å². The fourth-order valence-electron chi connectivity index (χ4n) is 3.68. The number of hydrogen-bond acceptors (Lipinski definition) is 7. The smallest absolute Gasteiger partial charge is 0.337 e. The Kier molecular flexibility index (Phi) is 6.54. The number of carbonyl (C=O) groups is 2. The molecule has 0 spiro atoms. The molecule has 0 atom stereocenters. The minimum Gasteiger partial charge on any atom is -0.465 e. The molecule has 1 saturated carbocycles. The molecule has 1 aromatic heterocycles. The van der Waals surface area contributed by atoms with E-state index in [4.69, 9.17) is 20.9 Å². The molecule has 1 heterocycles. The van der Waals surface area contributed by atoms with E-state index in [1.54, 1.807) is 18.2 Å². The molecule has 0 unspecified atom stereocenters. The Hall–Kier alpha value is -2.45. The molecule has 0 saturated heterocycles. The quantitative estimate of drug-likeness (QED) is 0.687. The number of likely N-dealkylation sites (N-methyl/N-ethyl adjacent to an activating group) is 1. The van der Waals surface area contributed by atoms with Crippen LogP contribution in [0.4, 0.5) is 0 Å². The Bertz CT molecular complexity index is 890. The molecule has 29 heavy (non-hydrogen) atoms. The topological polar surface area (TPSA) is 97.6 Å². The van der Waals surface area contributed by atoms with Crippen LogP contribution in [0, 0.1) is 0 Å². The predicted molar refractivity (Wildman–Crippen MR) is 107 cm³/mol. The highest BCUT2D eigenvalue weighted by atomic mass is 35.5. The minimum absolute atomic E-state index is 0.0274. The van der Waals surface area contributed by atoms with Gasteiger partial charge in [-0.1, -0.05) is 29.6 Å². The summed E-state index contributed by atoms with van der Waals surface area (Å²) in [4.78, 5) is 30.5. The van der Waals surface area contributed by atoms with Crippen molar-refractivity contribution in [1.29, 1.82) is 0 Å². The molecule has 0 bridgehead atoms. The first-order valence-electron chi connectivity index (χ1n) is 9.49. The lowest BCUT2D eigenvalue weighted by molar-refractivity contribution is 0.0600. The van der Waals surface area contributed by atoms with Crippen molar-refractivity contribution in [2.45, 2.75) is 37.6 Å². The number of amides is 1. The number of halogens is 1. The number of esters is 1. The van der Waals surface area contributed by atoms with Crippen molar-refractivity contribution in [1.82, 2.24) is 20.4 Å². The summed E-state index contributed by atoms with van der Waals surface area (Å²) < 4.78 is 9.85. The Morgan fingerprint density at radius 1 is 1.31 bits per heavy atom. The van der Waals surface area contributed by atoms with Crippen LogP contribution in [0.1, 0.15) is 58.1 Å². The summed E-state index contributed by atoms with van der Waals surface area (Å²) >= 11 is 6.21. The van der Waals surface area contributed by atoms with E-state index < -0.39 is 11.9 Å². The van der Waals surface area contributed by atoms with Crippen LogP contribution >= 0.6 is 11.6 Å². The molecule has 8 nitrogen and oxygen atoms in total. The van der Waals surface area contributed by atoms with Crippen molar-refractivity contribution >= 4 is 23.5 Å². The van der Waals surface area contributed by atoms with E-state index in [0.29, 0.717) is 28.5 Å². The zero-order valence-electron chi connectivity index (χ0n) is 16.8. The maximum absolute atomic E-state index is 12.5. The third-order valence-corrected chi connectivity index (χ3v) is 5.91. The molecule has 1 aliphatic rings. The zero-order chi connectivity index (χ0) is 21.0. The van der Waals surface area contributed by atoms with E-state index >= 15 is 0 Å². The van der Waals surface area contributed by atoms with Crippen LogP contribution in [0.2, 0.25) is 5.02 Å². The summed E-state index contributed by atoms with van der Waals surface area (Å²) in [5.74, 6) is -0.640. The van der Waals surface area contributed by atoms with Crippen molar-refractivity contribution in [3.8, 4) is 0 Å². The number of aromatic nitrogens is 2. The lowest BCUT2D eigenvalue weighted by atomic mass is 9.96. The maximum Gasteiger partial charge on any atom is 0.337 e. The molecular formula is C20H25ClN4O4. The lowest BCUT2D eigenvalue weighted by Gasteiger charge is -2.36. The molecule has 1 fully saturated rings. The Morgan fingerprint density at radius 3 is 2.69 bits per heavy atom. The SMILES string of the molecule is COC(=O)c1ccc(Cl)c(Cc2noc(C(=O)NCC3(N(C)C)CCCC3)n2)c1. The van der Waals surface area contributed by atoms with Crippen LogP contribution in [0.15, 0.2) is 22.7 Å². The second kappa shape index (κ2) is 8.92. The summed E-state index contributed by atoms with van der Waals surface area (Å²) in [6.45, 7) is 0.531. The third kappa shape index (κ3) is 4.76. The van der Waals surface area contributed by atoms with E-state index in [1.807, 2.05) is 14.1 Å². The monoisotopic (exact) mass is 420 g/mol. The normalized spacial score (nSPS) is 15.5. The van der Waals surface area contributed by atoms with Gasteiger partial charge in [-0.3, -0.25) is 4.79 Å². The average Bonchev–Trinajstić information content (AvgIpc) is 3.37. The van der Waals surface area contributed by atoms with Gasteiger partial charge in [-0.05, 0) is 50.7 Å². The lowest BCUT2D eigenvalue weighted by Crippen LogP contribution is -2.50. The first kappa shape index (κ1) is 21.3. The summed E-state index contributed by atoms with van der Waals surface area (Å²) in [5, 5.41) is 7.25. The van der Waals surface area contributed by atoms with Crippen LogP contribution in [-0.2, 0) is 11.2 Å². The molecule has 1 N–H and O–H groups in total. The number of benzene rings is 1. The van der Waals surface area contributed by atoms with E-state index in [-0.39, 0.29) is 17.9 Å². The average molecular weight is 421 g/mol. The Morgan fingerprint density at radius 2 is 2.03 bits per heavy atom. The van der Waals surface area contributed by atoms with Gasteiger partial charge in [0.2, 0.25) is 0 Å². The summed E-state index contributed by atoms with van der Waals surface area (Å²) in [6, 6.07) is 4.81. The summed E-state index contributed by atoms with van der Waals surface area (Å²) in [5.41, 5.74) is 0.985. The van der Waals surface area contributed by atoms with Crippen LogP contribution in [0.5, 0.6) is 0 Å². The fourth-order valence-corrected chi connectivity index (χ4v) is 3.86. The molecule has 9 heteroatoms. The van der Waals surface area contributed by atoms with Gasteiger partial charge in [0.15, 0.2) is 5.82 Å². The summed E-state index contributed by atoms with van der Waals surface area (Å²) in [7, 11) is 5.38. The Labute approximate surface area is 174 Å². The molecule has 156 valence electrons. The molecule has 1 aliphatic carbocycles. The molecule has 3 rings (SSSR count). The van der Waals surface area contributed by atoms with E-state index in [0.717, 1.165) is 25.7 Å². The van der Waals surface area contributed by atoms with Crippen molar-refractivity contribution in [3.63, 3.8) is 0 Å². The van der Waals surface area contributed by atoms with Gasteiger partial charge in [-0.25, -0.2) is 4.79 Å². The number of hydrogen-bond donors (Lipinski definition) is 1. The van der Waals surface area contributed by atoms with Gasteiger partial charge in [0.1, 0.15) is 0 Å². The number of rotatable bonds is 7. The number of nitrogens with one attached hydrogen (secondary N) is 1. The van der Waals surface area contributed by atoms with Crippen LogP contribution < -0.4 is 5.32 Å². The highest BCUT2D eigenvalue weighted by Gasteiger charge is 2.36. The van der Waals surface area contributed by atoms with Crippen LogP contribution in [-0.4, -0.2) is 60.2 Å². The standard InChI is InChI=1S/C20H25ClN4O4/c1-25(2)20(8-4-5-9-20)12-22-17(26)18-23-16(24-29-18)11-14-10-13(19(27)28-3)6-7-15(14)21/h6-7,10H,4-5,8-9,11-12H2,1-3H3,(H,22,26). The van der Waals surface area contributed by atoms with Crippen LogP contribution in [0.25, 0.3) is 0 Å². The van der Waals surface area contributed by atoms with Crippen molar-refractivity contribution in [2.75, 3.05) is 27.7 Å². The molecular weight excluding hydrogens is 396 g/mol. The zero-order valence-corrected chi connectivity index (χ0v) is 17.6. The van der Waals surface area contributed by atoms with Gasteiger partial charge < -0.3 is 19.5 Å². The van der Waals surface area contributed by atoms with E-state index in [1.165, 1.54) is 7.11 Å². The molecule has 1 amide bonds. The fraction of sp³-hybridized carbons (Fsp3) is 0.500. The van der Waals surface area contributed by atoms with E-state index in [2.05, 4.69) is 20.4 Å². The van der Waals surface area contributed by atoms with Gasteiger partial charge >= 0.3 is 17.8 Å². The summed E-state index contributed by atoms with van der Waals surface area (Å²) in [6.07, 6.45) is 4.63. The maximum atomic E-state index is 12.5. The predicted octanol–water partition coefficient (Wildman–Crippen LogP) is 2.70. The highest BCUT2D eigenvalue weighted by molar-refractivity contribution is 6.31. The minimum atomic E-state index is -0.460. The van der Waals surface area contributed by atoms with Crippen molar-refractivity contribution < 1.29 is 18.8 Å². The van der Waals surface area contributed by atoms with Gasteiger partial charge in [-0.2, -0.15) is 4.98 Å². The molecule has 0 aliphatic heterocycles. The molecule has 0 radical (unpaired) electrons. The van der Waals surface area contributed by atoms with E-state index in [9.17, 15) is 9.59 Å².